The molecule has 262 valence electrons. The zero-order valence-corrected chi connectivity index (χ0v) is 27.1. The van der Waals surface area contributed by atoms with Gasteiger partial charge < -0.3 is 26.5 Å². The molecular weight excluding hydrogens is 664 g/mol. The zero-order valence-electron chi connectivity index (χ0n) is 26.2. The smallest absolute Gasteiger partial charge is 0.412 e. The summed E-state index contributed by atoms with van der Waals surface area (Å²) in [6.07, 6.45) is 3.54. The summed E-state index contributed by atoms with van der Waals surface area (Å²) in [4.78, 5) is 40.6. The van der Waals surface area contributed by atoms with Crippen LogP contribution in [0.1, 0.15) is 64.9 Å². The molecule has 49 heavy (non-hydrogen) atoms. The molecule has 1 unspecified atom stereocenters. The van der Waals surface area contributed by atoms with Crippen LogP contribution in [0, 0.1) is 11.7 Å². The number of pyridine rings is 1. The standard InChI is InChI=1S/C28H27F3N6O2.C6H5FS.2H2O.H2/c29-28(30,31)19-3-1-10-32-22(19)16-35-25(38)18-6-7-21-20(15-18)27(23(36-21)17-4-5-17)8-13-37(14-9-27)26(39)24-33-11-2-12-34-24;7-5-1-3-6(8)4-2-5;;;/h1-3,6-7,10-12,15,17,23,36H,4-5,8-9,13-14,16H2,(H,35,38);1-4,8H;2*1H2;1H. The Bertz CT molecular complexity index is 1740. The van der Waals surface area contributed by atoms with Gasteiger partial charge in [0.1, 0.15) is 5.82 Å². The van der Waals surface area contributed by atoms with Crippen molar-refractivity contribution in [3.8, 4) is 0 Å². The van der Waals surface area contributed by atoms with Crippen molar-refractivity contribution in [1.82, 2.24) is 25.2 Å². The lowest BCUT2D eigenvalue weighted by Crippen LogP contribution is -2.51. The van der Waals surface area contributed by atoms with Crippen molar-refractivity contribution in [3.63, 3.8) is 0 Å². The van der Waals surface area contributed by atoms with Crippen LogP contribution in [0.5, 0.6) is 0 Å². The Balaban J connectivity index is 0.000000545. The highest BCUT2D eigenvalue weighted by atomic mass is 32.1. The fourth-order valence-corrected chi connectivity index (χ4v) is 6.63. The highest BCUT2D eigenvalue weighted by Gasteiger charge is 2.54. The van der Waals surface area contributed by atoms with E-state index in [1.807, 2.05) is 12.1 Å². The van der Waals surface area contributed by atoms with E-state index in [9.17, 15) is 27.2 Å². The number of rotatable bonds is 5. The van der Waals surface area contributed by atoms with Gasteiger partial charge in [-0.15, -0.1) is 12.6 Å². The first kappa shape index (κ1) is 37.2. The topological polar surface area (TPSA) is 163 Å². The molecule has 2 aromatic carbocycles. The number of aromatic nitrogens is 3. The van der Waals surface area contributed by atoms with Gasteiger partial charge >= 0.3 is 6.18 Å². The van der Waals surface area contributed by atoms with Gasteiger partial charge in [-0.05, 0) is 97.8 Å². The molecule has 10 nitrogen and oxygen atoms in total. The number of carbonyl (C=O) groups excluding carboxylic acids is 2. The molecule has 4 heterocycles. The normalized spacial score (nSPS) is 17.3. The van der Waals surface area contributed by atoms with Crippen molar-refractivity contribution in [2.45, 2.75) is 54.8 Å². The summed E-state index contributed by atoms with van der Waals surface area (Å²) >= 11 is 3.97. The largest absolute Gasteiger partial charge is 0.418 e. The number of likely N-dealkylation sites (tertiary alicyclic amines) is 1. The minimum Gasteiger partial charge on any atom is -0.412 e. The SMILES string of the molecule is Fc1ccc(S)cc1.O.O.O=C(NCc1ncccc1C(F)(F)F)c1ccc2c(c1)C1(CCN(C(=O)c3ncccn3)CC1)C(C1CC1)N2.[HH]. The van der Waals surface area contributed by atoms with Crippen LogP contribution in [-0.2, 0) is 18.1 Å². The monoisotopic (exact) mass is 702 g/mol. The maximum absolute atomic E-state index is 13.3. The number of carbonyl (C=O) groups is 2. The third-order valence-corrected chi connectivity index (χ3v) is 9.25. The first-order valence-electron chi connectivity index (χ1n) is 15.3. The Hall–Kier alpha value is -4.60. The number of hydrogen-bond acceptors (Lipinski definition) is 7. The average molecular weight is 703 g/mol. The summed E-state index contributed by atoms with van der Waals surface area (Å²) in [5.74, 6) is -0.171. The number of benzene rings is 2. The number of amides is 2. The van der Waals surface area contributed by atoms with E-state index in [1.165, 1.54) is 24.4 Å². The number of nitrogens with one attached hydrogen (secondary N) is 2. The minimum atomic E-state index is -4.55. The lowest BCUT2D eigenvalue weighted by atomic mass is 9.68. The van der Waals surface area contributed by atoms with Crippen molar-refractivity contribution in [3.05, 3.63) is 113 Å². The molecule has 1 aliphatic carbocycles. The van der Waals surface area contributed by atoms with Crippen molar-refractivity contribution < 1.29 is 39.5 Å². The number of alkyl halides is 3. The Kier molecular flexibility index (Phi) is 11.6. The van der Waals surface area contributed by atoms with E-state index in [-0.39, 0.29) is 53.6 Å². The third kappa shape index (κ3) is 8.17. The molecule has 7 rings (SSSR count). The van der Waals surface area contributed by atoms with Crippen LogP contribution in [0.2, 0.25) is 0 Å². The molecule has 6 N–H and O–H groups in total. The van der Waals surface area contributed by atoms with E-state index >= 15 is 0 Å². The van der Waals surface area contributed by atoms with Gasteiger partial charge in [-0.25, -0.2) is 14.4 Å². The van der Waals surface area contributed by atoms with E-state index in [4.69, 9.17) is 0 Å². The second kappa shape index (κ2) is 15.3. The lowest BCUT2D eigenvalue weighted by molar-refractivity contribution is -0.138. The Labute approximate surface area is 286 Å². The first-order chi connectivity index (χ1) is 22.5. The molecule has 2 aromatic heterocycles. The number of thiol groups is 1. The summed E-state index contributed by atoms with van der Waals surface area (Å²) < 4.78 is 52.1. The summed E-state index contributed by atoms with van der Waals surface area (Å²) in [5, 5.41) is 6.29. The Morgan fingerprint density at radius 3 is 2.22 bits per heavy atom. The predicted octanol–water partition coefficient (Wildman–Crippen LogP) is 4.91. The molecule has 1 spiro atoms. The molecule has 0 bridgehead atoms. The predicted molar refractivity (Wildman–Crippen MR) is 179 cm³/mol. The number of piperidine rings is 1. The van der Waals surface area contributed by atoms with E-state index in [0.29, 0.717) is 24.6 Å². The van der Waals surface area contributed by atoms with Crippen LogP contribution in [0.15, 0.2) is 84.1 Å². The Morgan fingerprint density at radius 2 is 1.61 bits per heavy atom. The first-order valence-corrected chi connectivity index (χ1v) is 15.7. The maximum atomic E-state index is 13.3. The van der Waals surface area contributed by atoms with Gasteiger partial charge in [-0.2, -0.15) is 13.2 Å². The van der Waals surface area contributed by atoms with Gasteiger partial charge in [0.2, 0.25) is 5.82 Å². The van der Waals surface area contributed by atoms with Crippen LogP contribution in [-0.4, -0.2) is 61.7 Å². The zero-order chi connectivity index (χ0) is 33.2. The van der Waals surface area contributed by atoms with E-state index < -0.39 is 17.6 Å². The van der Waals surface area contributed by atoms with Crippen LogP contribution in [0.4, 0.5) is 23.2 Å². The number of hydrogen-bond donors (Lipinski definition) is 3. The fraction of sp³-hybridized carbons (Fsp3) is 0.324. The molecule has 2 aliphatic heterocycles. The summed E-state index contributed by atoms with van der Waals surface area (Å²) in [7, 11) is 0. The lowest BCUT2D eigenvalue weighted by Gasteiger charge is -2.43. The van der Waals surface area contributed by atoms with Gasteiger partial charge in [0, 0.05) is 60.7 Å². The summed E-state index contributed by atoms with van der Waals surface area (Å²) in [6, 6.07) is 15.5. The van der Waals surface area contributed by atoms with Crippen LogP contribution >= 0.6 is 12.6 Å². The summed E-state index contributed by atoms with van der Waals surface area (Å²) in [6.45, 7) is 0.744. The van der Waals surface area contributed by atoms with Crippen molar-refractivity contribution >= 4 is 30.1 Å². The average Bonchev–Trinajstić information content (AvgIpc) is 3.88. The number of nitrogens with zero attached hydrogens (tertiary/aromatic N) is 4. The maximum Gasteiger partial charge on any atom is 0.418 e. The molecule has 0 radical (unpaired) electrons. The minimum absolute atomic E-state index is 0. The van der Waals surface area contributed by atoms with E-state index in [0.717, 1.165) is 47.9 Å². The molecule has 3 aliphatic rings. The van der Waals surface area contributed by atoms with Crippen molar-refractivity contribution in [2.24, 2.45) is 5.92 Å². The molecule has 2 fully saturated rings. The molecule has 2 amide bonds. The second-order valence-corrected chi connectivity index (χ2v) is 12.4. The van der Waals surface area contributed by atoms with Gasteiger partial charge in [0.15, 0.2) is 0 Å². The Morgan fingerprint density at radius 1 is 0.959 bits per heavy atom. The number of anilines is 1. The van der Waals surface area contributed by atoms with E-state index in [2.05, 4.69) is 38.2 Å². The van der Waals surface area contributed by atoms with Crippen molar-refractivity contribution in [2.75, 3.05) is 18.4 Å². The van der Waals surface area contributed by atoms with Gasteiger partial charge in [-0.3, -0.25) is 14.6 Å². The molecule has 4 aromatic rings. The third-order valence-electron chi connectivity index (χ3n) is 8.96. The van der Waals surface area contributed by atoms with Gasteiger partial charge in [0.25, 0.3) is 11.8 Å². The van der Waals surface area contributed by atoms with Gasteiger partial charge in [0.05, 0.1) is 17.8 Å². The van der Waals surface area contributed by atoms with Gasteiger partial charge in [-0.1, -0.05) is 0 Å². The molecule has 15 heteroatoms. The number of halogens is 4. The fourth-order valence-electron chi connectivity index (χ4n) is 6.48. The number of fused-ring (bicyclic) bond motifs is 2. The highest BCUT2D eigenvalue weighted by molar-refractivity contribution is 7.80. The summed E-state index contributed by atoms with van der Waals surface area (Å²) in [5.41, 5.74) is 1.04. The van der Waals surface area contributed by atoms with Crippen LogP contribution in [0.25, 0.3) is 0 Å². The highest BCUT2D eigenvalue weighted by Crippen LogP contribution is 2.54. The van der Waals surface area contributed by atoms with Crippen LogP contribution < -0.4 is 10.6 Å². The second-order valence-electron chi connectivity index (χ2n) is 11.9. The van der Waals surface area contributed by atoms with Crippen LogP contribution in [0.3, 0.4) is 0 Å². The van der Waals surface area contributed by atoms with E-state index in [1.54, 1.807) is 41.6 Å². The molecule has 1 saturated carbocycles. The molecular formula is C34H38F4N6O4S. The van der Waals surface area contributed by atoms with Crippen molar-refractivity contribution in [1.29, 1.82) is 0 Å². The quantitative estimate of drug-likeness (QED) is 0.198. The molecule has 1 saturated heterocycles. The molecule has 1 atom stereocenters.